The van der Waals surface area contributed by atoms with Crippen LogP contribution in [0.1, 0.15) is 16.7 Å². The molecule has 0 aromatic heterocycles. The third kappa shape index (κ3) is 4.55. The molecule has 0 saturated heterocycles. The van der Waals surface area contributed by atoms with E-state index in [0.717, 1.165) is 23.4 Å². The lowest BCUT2D eigenvalue weighted by molar-refractivity contribution is -0.137. The second-order valence-electron chi connectivity index (χ2n) is 5.15. The van der Waals surface area contributed by atoms with Crippen LogP contribution in [-0.2, 0) is 16.7 Å². The number of benzene rings is 2. The average molecular weight is 379 g/mol. The van der Waals surface area contributed by atoms with Gasteiger partial charge in [-0.3, -0.25) is 4.79 Å². The maximum atomic E-state index is 13.1. The van der Waals surface area contributed by atoms with E-state index in [0.29, 0.717) is 10.1 Å². The van der Waals surface area contributed by atoms with Gasteiger partial charge in [-0.15, -0.1) is 0 Å². The number of hydrogen-bond acceptors (Lipinski definition) is 3. The smallest absolute Gasteiger partial charge is 0.266 e. The molecule has 1 heterocycles. The maximum Gasteiger partial charge on any atom is 0.416 e. The van der Waals surface area contributed by atoms with Crippen molar-refractivity contribution in [1.82, 2.24) is 0 Å². The van der Waals surface area contributed by atoms with Crippen molar-refractivity contribution < 1.29 is 18.0 Å². The number of alkyl halides is 3. The molecule has 2 aromatic rings. The summed E-state index contributed by atoms with van der Waals surface area (Å²) in [7, 11) is 0. The van der Waals surface area contributed by atoms with Crippen molar-refractivity contribution >= 4 is 39.9 Å². The Balaban J connectivity index is 1.74. The summed E-state index contributed by atoms with van der Waals surface area (Å²) >= 11 is 2.50. The van der Waals surface area contributed by atoms with Gasteiger partial charge in [0.15, 0.2) is 0 Å². The predicted octanol–water partition coefficient (Wildman–Crippen LogP) is 5.61. The summed E-state index contributed by atoms with van der Waals surface area (Å²) in [4.78, 5) is 16.1. The van der Waals surface area contributed by atoms with Crippen molar-refractivity contribution in [3.8, 4) is 0 Å². The molecule has 0 aliphatic carbocycles. The van der Waals surface area contributed by atoms with E-state index in [2.05, 4.69) is 4.99 Å². The number of thioether (sulfide) groups is 2. The van der Waals surface area contributed by atoms with Crippen LogP contribution in [0.15, 0.2) is 64.5 Å². The molecule has 128 valence electrons. The summed E-state index contributed by atoms with van der Waals surface area (Å²) in [6.45, 7) is 0. The summed E-state index contributed by atoms with van der Waals surface area (Å²) in [5.41, 5.74) is 0.291. The first-order valence-corrected chi connectivity index (χ1v) is 9.09. The van der Waals surface area contributed by atoms with Crippen LogP contribution in [0.4, 0.5) is 13.2 Å². The van der Waals surface area contributed by atoms with E-state index in [1.165, 1.54) is 36.0 Å². The Morgan fingerprint density at radius 1 is 1.04 bits per heavy atom. The van der Waals surface area contributed by atoms with Crippen LogP contribution in [0.5, 0.6) is 0 Å². The fourth-order valence-electron chi connectivity index (χ4n) is 2.19. The second-order valence-corrected chi connectivity index (χ2v) is 7.41. The molecule has 0 unspecified atom stereocenters. The number of rotatable bonds is 3. The number of hydrogen-bond donors (Lipinski definition) is 0. The quantitative estimate of drug-likeness (QED) is 0.649. The molecular formula is C18H12F3NOS2. The van der Waals surface area contributed by atoms with Crippen molar-refractivity contribution in [2.75, 3.05) is 0 Å². The Morgan fingerprint density at radius 3 is 2.44 bits per heavy atom. The minimum absolute atomic E-state index is 0.0321. The first-order chi connectivity index (χ1) is 11.9. The lowest BCUT2D eigenvalue weighted by Gasteiger charge is -2.10. The Kier molecular flexibility index (Phi) is 5.34. The highest BCUT2D eigenvalue weighted by molar-refractivity contribution is 8.40. The molecule has 1 aliphatic heterocycles. The van der Waals surface area contributed by atoms with Gasteiger partial charge in [-0.2, -0.15) is 18.2 Å². The Hall–Kier alpha value is -1.99. The highest BCUT2D eigenvalue weighted by atomic mass is 32.2. The first kappa shape index (κ1) is 17.8. The van der Waals surface area contributed by atoms with E-state index >= 15 is 0 Å². The predicted molar refractivity (Wildman–Crippen MR) is 97.2 cm³/mol. The minimum Gasteiger partial charge on any atom is -0.266 e. The van der Waals surface area contributed by atoms with Crippen LogP contribution >= 0.6 is 23.5 Å². The molecule has 0 atom stereocenters. The molecule has 0 bridgehead atoms. The lowest BCUT2D eigenvalue weighted by Crippen LogP contribution is -2.07. The molecule has 2 nitrogen and oxygen atoms in total. The largest absolute Gasteiger partial charge is 0.416 e. The number of amides is 1. The van der Waals surface area contributed by atoms with Gasteiger partial charge in [0.25, 0.3) is 5.91 Å². The van der Waals surface area contributed by atoms with Crippen LogP contribution < -0.4 is 0 Å². The van der Waals surface area contributed by atoms with Crippen molar-refractivity contribution in [2.24, 2.45) is 4.99 Å². The van der Waals surface area contributed by atoms with Gasteiger partial charge in [-0.05, 0) is 23.3 Å². The Morgan fingerprint density at radius 2 is 1.72 bits per heavy atom. The molecule has 2 aromatic carbocycles. The summed E-state index contributed by atoms with van der Waals surface area (Å²) in [5, 5.41) is 0. The third-order valence-corrected chi connectivity index (χ3v) is 5.56. The van der Waals surface area contributed by atoms with Gasteiger partial charge >= 0.3 is 6.18 Å². The monoisotopic (exact) mass is 379 g/mol. The summed E-state index contributed by atoms with van der Waals surface area (Å²) in [5.74, 6) is 0.143. The Bertz CT molecular complexity index is 845. The Labute approximate surface area is 151 Å². The molecule has 0 N–H and O–H groups in total. The minimum atomic E-state index is -4.47. The summed E-state index contributed by atoms with van der Waals surface area (Å²) in [6.07, 6.45) is -3.21. The molecule has 7 heteroatoms. The van der Waals surface area contributed by atoms with Crippen LogP contribution in [0.25, 0.3) is 6.08 Å². The molecule has 0 radical (unpaired) electrons. The summed E-state index contributed by atoms with van der Waals surface area (Å²) < 4.78 is 39.7. The topological polar surface area (TPSA) is 29.4 Å². The molecule has 1 aliphatic rings. The molecule has 1 amide bonds. The van der Waals surface area contributed by atoms with Crippen molar-refractivity contribution in [2.45, 2.75) is 11.9 Å². The number of halogens is 3. The van der Waals surface area contributed by atoms with Crippen molar-refractivity contribution in [3.63, 3.8) is 0 Å². The zero-order valence-corrected chi connectivity index (χ0v) is 14.4. The number of nitrogens with zero attached hydrogens (tertiary/aromatic N) is 1. The molecule has 3 rings (SSSR count). The zero-order valence-electron chi connectivity index (χ0n) is 12.8. The fraction of sp³-hybridized carbons (Fsp3) is 0.111. The van der Waals surface area contributed by atoms with Gasteiger partial charge in [0, 0.05) is 5.75 Å². The molecule has 0 saturated carbocycles. The second kappa shape index (κ2) is 7.49. The third-order valence-electron chi connectivity index (χ3n) is 3.36. The number of carbonyl (C=O) groups excluding carboxylic acids is 1. The van der Waals surface area contributed by atoms with Crippen LogP contribution in [-0.4, -0.2) is 10.3 Å². The summed E-state index contributed by atoms with van der Waals surface area (Å²) in [6, 6.07) is 14.9. The zero-order chi connectivity index (χ0) is 17.9. The average Bonchev–Trinajstić information content (AvgIpc) is 2.93. The van der Waals surface area contributed by atoms with E-state index in [1.54, 1.807) is 0 Å². The highest BCUT2D eigenvalue weighted by Gasteiger charge is 2.33. The van der Waals surface area contributed by atoms with Gasteiger partial charge in [0.05, 0.1) is 10.5 Å². The highest BCUT2D eigenvalue weighted by Crippen LogP contribution is 2.37. The van der Waals surface area contributed by atoms with Crippen LogP contribution in [0.3, 0.4) is 0 Å². The number of aliphatic imine (C=N–C) groups is 1. The lowest BCUT2D eigenvalue weighted by atomic mass is 10.1. The van der Waals surface area contributed by atoms with Crippen molar-refractivity contribution in [1.29, 1.82) is 0 Å². The molecule has 25 heavy (non-hydrogen) atoms. The van der Waals surface area contributed by atoms with E-state index in [1.807, 2.05) is 30.3 Å². The van der Waals surface area contributed by atoms with E-state index in [4.69, 9.17) is 0 Å². The standard InChI is InChI=1S/C18H12F3NOS2/c19-18(20,21)14-9-5-4-8-13(14)10-15-16(23)22-17(25-15)24-11-12-6-2-1-3-7-12/h1-10H,11H2/b15-10-. The van der Waals surface area contributed by atoms with Gasteiger partial charge in [0.2, 0.25) is 0 Å². The maximum absolute atomic E-state index is 13.1. The normalized spacial score (nSPS) is 16.4. The van der Waals surface area contributed by atoms with Crippen molar-refractivity contribution in [3.05, 3.63) is 76.2 Å². The first-order valence-electron chi connectivity index (χ1n) is 7.29. The molecule has 0 spiro atoms. The fourth-order valence-corrected chi connectivity index (χ4v) is 4.14. The van der Waals surface area contributed by atoms with Gasteiger partial charge in [-0.1, -0.05) is 72.1 Å². The number of carbonyl (C=O) groups is 1. The van der Waals surface area contributed by atoms with Crippen LogP contribution in [0.2, 0.25) is 0 Å². The van der Waals surface area contributed by atoms with Crippen LogP contribution in [0, 0.1) is 0 Å². The van der Waals surface area contributed by atoms with E-state index in [9.17, 15) is 18.0 Å². The van der Waals surface area contributed by atoms with E-state index in [-0.39, 0.29) is 10.5 Å². The van der Waals surface area contributed by atoms with Gasteiger partial charge in [0.1, 0.15) is 4.38 Å². The van der Waals surface area contributed by atoms with Gasteiger partial charge in [-0.25, -0.2) is 0 Å². The molecular weight excluding hydrogens is 367 g/mol. The molecule has 0 fully saturated rings. The SMILES string of the molecule is O=C1N=C(SCc2ccccc2)S/C1=C\c1ccccc1C(F)(F)F. The van der Waals surface area contributed by atoms with E-state index < -0.39 is 17.6 Å². The van der Waals surface area contributed by atoms with Gasteiger partial charge < -0.3 is 0 Å².